The summed E-state index contributed by atoms with van der Waals surface area (Å²) < 4.78 is 5.13. The first-order valence-electron chi connectivity index (χ1n) is 5.93. The largest absolute Gasteiger partial charge is 0.497 e. The van der Waals surface area contributed by atoms with Crippen molar-refractivity contribution in [2.24, 2.45) is 0 Å². The Morgan fingerprint density at radius 1 is 1.56 bits per heavy atom. The van der Waals surface area contributed by atoms with Crippen LogP contribution >= 0.6 is 0 Å². The maximum atomic E-state index is 10.8. The molecule has 1 amide bonds. The summed E-state index contributed by atoms with van der Waals surface area (Å²) in [6, 6.07) is 3.89. The summed E-state index contributed by atoms with van der Waals surface area (Å²) in [7, 11) is 1.62. The summed E-state index contributed by atoms with van der Waals surface area (Å²) in [5.74, 6) is 1.53. The molecule has 1 aromatic heterocycles. The van der Waals surface area contributed by atoms with Gasteiger partial charge in [0.15, 0.2) is 0 Å². The Morgan fingerprint density at radius 2 is 2.28 bits per heavy atom. The maximum Gasteiger partial charge on any atom is 0.407 e. The zero-order chi connectivity index (χ0) is 13.0. The highest BCUT2D eigenvalue weighted by Gasteiger charge is 2.22. The topological polar surface area (TPSA) is 74.7 Å². The Hall–Kier alpha value is -1.98. The Morgan fingerprint density at radius 3 is 2.89 bits per heavy atom. The van der Waals surface area contributed by atoms with Crippen LogP contribution in [0.1, 0.15) is 12.8 Å². The van der Waals surface area contributed by atoms with Crippen molar-refractivity contribution in [2.45, 2.75) is 18.9 Å². The minimum Gasteiger partial charge on any atom is -0.497 e. The number of piperidine rings is 1. The minimum absolute atomic E-state index is 0.264. The average Bonchev–Trinajstić information content (AvgIpc) is 2.39. The summed E-state index contributed by atoms with van der Waals surface area (Å²) in [6.45, 7) is 1.13. The smallest absolute Gasteiger partial charge is 0.407 e. The molecule has 1 fully saturated rings. The number of nitrogens with zero attached hydrogens (tertiary/aromatic N) is 2. The standard InChI is InChI=1S/C12H17N3O3/c1-18-10-2-5-13-11(8-10)14-9-3-6-15(7-4-9)12(16)17/h2,5,8-9H,3-4,6-7H2,1H3,(H,13,14)(H,16,17). The lowest BCUT2D eigenvalue weighted by Crippen LogP contribution is -2.41. The number of rotatable bonds is 3. The zero-order valence-corrected chi connectivity index (χ0v) is 10.3. The molecule has 0 aromatic carbocycles. The first-order valence-corrected chi connectivity index (χ1v) is 5.93. The van der Waals surface area contributed by atoms with Crippen LogP contribution in [0.25, 0.3) is 0 Å². The van der Waals surface area contributed by atoms with Crippen molar-refractivity contribution in [3.63, 3.8) is 0 Å². The second kappa shape index (κ2) is 5.57. The van der Waals surface area contributed by atoms with Gasteiger partial charge in [-0.05, 0) is 18.9 Å². The fourth-order valence-electron chi connectivity index (χ4n) is 2.04. The van der Waals surface area contributed by atoms with Gasteiger partial charge in [-0.1, -0.05) is 0 Å². The molecule has 0 aliphatic carbocycles. The van der Waals surface area contributed by atoms with Gasteiger partial charge in [0.2, 0.25) is 0 Å². The van der Waals surface area contributed by atoms with E-state index in [1.807, 2.05) is 6.07 Å². The SMILES string of the molecule is COc1ccnc(NC2CCN(C(=O)O)CC2)c1. The Labute approximate surface area is 106 Å². The second-order valence-corrected chi connectivity index (χ2v) is 4.27. The van der Waals surface area contributed by atoms with E-state index < -0.39 is 6.09 Å². The molecule has 98 valence electrons. The van der Waals surface area contributed by atoms with Crippen LogP contribution in [0.2, 0.25) is 0 Å². The first-order chi connectivity index (χ1) is 8.69. The normalized spacial score (nSPS) is 16.4. The fraction of sp³-hybridized carbons (Fsp3) is 0.500. The van der Waals surface area contributed by atoms with Crippen molar-refractivity contribution in [3.8, 4) is 5.75 Å². The highest BCUT2D eigenvalue weighted by molar-refractivity contribution is 5.65. The van der Waals surface area contributed by atoms with Gasteiger partial charge in [0.05, 0.1) is 7.11 Å². The summed E-state index contributed by atoms with van der Waals surface area (Å²) in [6.07, 6.45) is 2.44. The summed E-state index contributed by atoms with van der Waals surface area (Å²) in [5.41, 5.74) is 0. The van der Waals surface area contributed by atoms with Crippen LogP contribution in [-0.2, 0) is 0 Å². The number of pyridine rings is 1. The fourth-order valence-corrected chi connectivity index (χ4v) is 2.04. The molecule has 1 saturated heterocycles. The molecule has 2 N–H and O–H groups in total. The van der Waals surface area contributed by atoms with E-state index in [0.29, 0.717) is 13.1 Å². The van der Waals surface area contributed by atoms with E-state index in [2.05, 4.69) is 10.3 Å². The molecule has 0 spiro atoms. The molecule has 0 unspecified atom stereocenters. The number of ether oxygens (including phenoxy) is 1. The van der Waals surface area contributed by atoms with Crippen LogP contribution in [0.15, 0.2) is 18.3 Å². The third kappa shape index (κ3) is 3.03. The molecule has 0 saturated carbocycles. The number of anilines is 1. The maximum absolute atomic E-state index is 10.8. The van der Waals surface area contributed by atoms with Gasteiger partial charge in [0.25, 0.3) is 0 Å². The number of aromatic nitrogens is 1. The lowest BCUT2D eigenvalue weighted by atomic mass is 10.1. The number of hydrogen-bond acceptors (Lipinski definition) is 4. The second-order valence-electron chi connectivity index (χ2n) is 4.27. The van der Waals surface area contributed by atoms with E-state index in [0.717, 1.165) is 24.4 Å². The quantitative estimate of drug-likeness (QED) is 0.854. The number of amides is 1. The van der Waals surface area contributed by atoms with Crippen LogP contribution in [0, 0.1) is 0 Å². The van der Waals surface area contributed by atoms with Crippen molar-refractivity contribution >= 4 is 11.9 Å². The molecule has 6 nitrogen and oxygen atoms in total. The van der Waals surface area contributed by atoms with Crippen molar-refractivity contribution in [3.05, 3.63) is 18.3 Å². The van der Waals surface area contributed by atoms with Gasteiger partial charge in [0.1, 0.15) is 11.6 Å². The number of likely N-dealkylation sites (tertiary alicyclic amines) is 1. The van der Waals surface area contributed by atoms with E-state index in [-0.39, 0.29) is 6.04 Å². The molecular formula is C12H17N3O3. The van der Waals surface area contributed by atoms with Gasteiger partial charge in [-0.25, -0.2) is 9.78 Å². The van der Waals surface area contributed by atoms with Gasteiger partial charge in [0, 0.05) is 31.4 Å². The Kier molecular flexibility index (Phi) is 3.86. The first kappa shape index (κ1) is 12.5. The monoisotopic (exact) mass is 251 g/mol. The third-order valence-corrected chi connectivity index (χ3v) is 3.08. The molecule has 18 heavy (non-hydrogen) atoms. The molecule has 0 radical (unpaired) electrons. The highest BCUT2D eigenvalue weighted by Crippen LogP contribution is 2.18. The zero-order valence-electron chi connectivity index (χ0n) is 10.3. The molecule has 6 heteroatoms. The molecule has 1 aromatic rings. The lowest BCUT2D eigenvalue weighted by molar-refractivity contribution is 0.134. The van der Waals surface area contributed by atoms with Gasteiger partial charge in [-0.15, -0.1) is 0 Å². The van der Waals surface area contributed by atoms with Gasteiger partial charge < -0.3 is 20.1 Å². The third-order valence-electron chi connectivity index (χ3n) is 3.08. The van der Waals surface area contributed by atoms with Crippen LogP contribution in [0.3, 0.4) is 0 Å². The van der Waals surface area contributed by atoms with Gasteiger partial charge in [-0.2, -0.15) is 0 Å². The van der Waals surface area contributed by atoms with Crippen molar-refractivity contribution in [1.29, 1.82) is 0 Å². The number of hydrogen-bond donors (Lipinski definition) is 2. The summed E-state index contributed by atoms with van der Waals surface area (Å²) >= 11 is 0. The molecule has 1 aliphatic heterocycles. The van der Waals surface area contributed by atoms with E-state index in [4.69, 9.17) is 9.84 Å². The Bertz CT molecular complexity index is 417. The molecule has 0 atom stereocenters. The van der Waals surface area contributed by atoms with Gasteiger partial charge >= 0.3 is 6.09 Å². The predicted octanol–water partition coefficient (Wildman–Crippen LogP) is 1.64. The lowest BCUT2D eigenvalue weighted by Gasteiger charge is -2.30. The van der Waals surface area contributed by atoms with Gasteiger partial charge in [-0.3, -0.25) is 0 Å². The van der Waals surface area contributed by atoms with Crippen LogP contribution in [0.5, 0.6) is 5.75 Å². The van der Waals surface area contributed by atoms with Crippen LogP contribution in [-0.4, -0.2) is 47.3 Å². The van der Waals surface area contributed by atoms with E-state index in [1.165, 1.54) is 4.90 Å². The molecule has 2 rings (SSSR count). The molecule has 1 aliphatic rings. The molecule has 0 bridgehead atoms. The van der Waals surface area contributed by atoms with E-state index in [9.17, 15) is 4.79 Å². The highest BCUT2D eigenvalue weighted by atomic mass is 16.5. The van der Waals surface area contributed by atoms with E-state index >= 15 is 0 Å². The minimum atomic E-state index is -0.840. The van der Waals surface area contributed by atoms with Crippen molar-refractivity contribution in [1.82, 2.24) is 9.88 Å². The van der Waals surface area contributed by atoms with Crippen LogP contribution in [0.4, 0.5) is 10.6 Å². The predicted molar refractivity (Wildman–Crippen MR) is 67.0 cm³/mol. The summed E-state index contributed by atoms with van der Waals surface area (Å²) in [5, 5.41) is 12.2. The number of methoxy groups -OCH3 is 1. The summed E-state index contributed by atoms with van der Waals surface area (Å²) in [4.78, 5) is 16.4. The number of carboxylic acid groups (broad SMARTS) is 1. The van der Waals surface area contributed by atoms with Crippen molar-refractivity contribution in [2.75, 3.05) is 25.5 Å². The Balaban J connectivity index is 1.89. The average molecular weight is 251 g/mol. The van der Waals surface area contributed by atoms with Crippen LogP contribution < -0.4 is 10.1 Å². The molecule has 2 heterocycles. The molecular weight excluding hydrogens is 234 g/mol. The van der Waals surface area contributed by atoms with E-state index in [1.54, 1.807) is 19.4 Å². The number of nitrogens with one attached hydrogen (secondary N) is 1. The van der Waals surface area contributed by atoms with Crippen molar-refractivity contribution < 1.29 is 14.6 Å². The number of carbonyl (C=O) groups is 1.